The van der Waals surface area contributed by atoms with Crippen molar-refractivity contribution in [2.75, 3.05) is 10.2 Å². The van der Waals surface area contributed by atoms with Crippen molar-refractivity contribution in [3.63, 3.8) is 0 Å². The fraction of sp³-hybridized carbons (Fsp3) is 0.167. The molecule has 5 aromatic rings. The van der Waals surface area contributed by atoms with Crippen LogP contribution in [-0.2, 0) is 24.1 Å². The van der Waals surface area contributed by atoms with Crippen LogP contribution in [0.3, 0.4) is 0 Å². The van der Waals surface area contributed by atoms with Crippen molar-refractivity contribution in [2.24, 2.45) is 0 Å². The van der Waals surface area contributed by atoms with Crippen LogP contribution in [0.1, 0.15) is 24.1 Å². The number of amides is 1. The summed E-state index contributed by atoms with van der Waals surface area (Å²) in [7, 11) is 0. The van der Waals surface area contributed by atoms with Gasteiger partial charge in [-0.1, -0.05) is 54.2 Å². The van der Waals surface area contributed by atoms with E-state index in [2.05, 4.69) is 15.5 Å². The van der Waals surface area contributed by atoms with Gasteiger partial charge < -0.3 is 9.73 Å². The summed E-state index contributed by atoms with van der Waals surface area (Å²) in [5.41, 5.74) is 1.02. The lowest BCUT2D eigenvalue weighted by atomic mass is 10.2. The summed E-state index contributed by atoms with van der Waals surface area (Å²) in [4.78, 5) is 15.5. The van der Waals surface area contributed by atoms with E-state index in [1.165, 1.54) is 17.8 Å². The largest absolute Gasteiger partial charge is 0.467 e. The quantitative estimate of drug-likeness (QED) is 0.174. The topological polar surface area (TPSA) is 76.2 Å². The maximum atomic E-state index is 13.8. The Morgan fingerprint density at radius 2 is 1.63 bits per heavy atom. The second-order valence-electron chi connectivity index (χ2n) is 9.10. The summed E-state index contributed by atoms with van der Waals surface area (Å²) in [5, 5.41) is 11.6. The lowest BCUT2D eigenvalue weighted by molar-refractivity contribution is -0.137. The molecule has 0 saturated heterocycles. The monoisotopic (exact) mass is 577 g/mol. The number of nitrogens with zero attached hydrogens (tertiary/aromatic N) is 4. The molecule has 2 aromatic heterocycles. The zero-order chi connectivity index (χ0) is 28.8. The zero-order valence-corrected chi connectivity index (χ0v) is 22.8. The van der Waals surface area contributed by atoms with Crippen LogP contribution >= 0.6 is 11.8 Å². The Labute approximate surface area is 239 Å². The standard InChI is InChI=1S/C30H26F3N5O2S/c1-21(28(39)38(24-12-4-2-5-13-24)25-14-6-3-7-15-25)41-29-36-35-27(37(29)20-26-16-9-17-40-26)19-34-23-11-8-10-22(18-23)30(31,32)33/h2-18,21,34H,19-20H2,1H3/t21-/m1/s1. The van der Waals surface area contributed by atoms with Gasteiger partial charge in [0.25, 0.3) is 0 Å². The van der Waals surface area contributed by atoms with Crippen molar-refractivity contribution in [3.8, 4) is 0 Å². The van der Waals surface area contributed by atoms with Crippen LogP contribution in [0.2, 0.25) is 0 Å². The number of rotatable bonds is 10. The van der Waals surface area contributed by atoms with Gasteiger partial charge in [0, 0.05) is 17.1 Å². The summed E-state index contributed by atoms with van der Waals surface area (Å²) in [6, 6.07) is 27.3. The van der Waals surface area contributed by atoms with Crippen molar-refractivity contribution in [1.29, 1.82) is 0 Å². The molecule has 0 aliphatic rings. The zero-order valence-electron chi connectivity index (χ0n) is 22.0. The van der Waals surface area contributed by atoms with Gasteiger partial charge in [0.15, 0.2) is 11.0 Å². The first-order valence-electron chi connectivity index (χ1n) is 12.8. The van der Waals surface area contributed by atoms with E-state index in [1.807, 2.05) is 60.7 Å². The average Bonchev–Trinajstić information content (AvgIpc) is 3.63. The molecule has 2 heterocycles. The highest BCUT2D eigenvalue weighted by Gasteiger charge is 2.30. The number of carbonyl (C=O) groups excluding carboxylic acids is 1. The molecule has 0 radical (unpaired) electrons. The third kappa shape index (κ3) is 6.80. The SMILES string of the molecule is C[C@@H](Sc1nnc(CNc2cccc(C(F)(F)F)c2)n1Cc1ccco1)C(=O)N(c1ccccc1)c1ccccc1. The molecule has 1 amide bonds. The van der Waals surface area contributed by atoms with Gasteiger partial charge in [-0.25, -0.2) is 0 Å². The Morgan fingerprint density at radius 3 is 2.24 bits per heavy atom. The van der Waals surface area contributed by atoms with E-state index < -0.39 is 17.0 Å². The van der Waals surface area contributed by atoms with Crippen LogP contribution in [0, 0.1) is 0 Å². The predicted octanol–water partition coefficient (Wildman–Crippen LogP) is 7.40. The summed E-state index contributed by atoms with van der Waals surface area (Å²) >= 11 is 1.25. The third-order valence-electron chi connectivity index (χ3n) is 6.21. The maximum Gasteiger partial charge on any atom is 0.416 e. The molecule has 0 aliphatic carbocycles. The van der Waals surface area contributed by atoms with Crippen molar-refractivity contribution < 1.29 is 22.4 Å². The predicted molar refractivity (Wildman–Crippen MR) is 152 cm³/mol. The maximum absolute atomic E-state index is 13.8. The van der Waals surface area contributed by atoms with E-state index in [1.54, 1.807) is 40.9 Å². The minimum absolute atomic E-state index is 0.109. The van der Waals surface area contributed by atoms with Gasteiger partial charge in [0.2, 0.25) is 5.91 Å². The van der Waals surface area contributed by atoms with Crippen LogP contribution in [-0.4, -0.2) is 25.9 Å². The Balaban J connectivity index is 1.39. The Morgan fingerprint density at radius 1 is 0.951 bits per heavy atom. The molecular formula is C30H26F3N5O2S. The van der Waals surface area contributed by atoms with E-state index >= 15 is 0 Å². The lowest BCUT2D eigenvalue weighted by Crippen LogP contribution is -2.33. The molecule has 1 atom stereocenters. The number of carbonyl (C=O) groups is 1. The van der Waals surface area contributed by atoms with Crippen LogP contribution in [0.15, 0.2) is 113 Å². The van der Waals surface area contributed by atoms with Gasteiger partial charge in [-0.3, -0.25) is 14.3 Å². The van der Waals surface area contributed by atoms with Crippen LogP contribution in [0.4, 0.5) is 30.2 Å². The fourth-order valence-corrected chi connectivity index (χ4v) is 5.10. The van der Waals surface area contributed by atoms with Gasteiger partial charge in [-0.15, -0.1) is 10.2 Å². The number of para-hydroxylation sites is 2. The third-order valence-corrected chi connectivity index (χ3v) is 7.28. The molecular weight excluding hydrogens is 551 g/mol. The molecule has 0 unspecified atom stereocenters. The second-order valence-corrected chi connectivity index (χ2v) is 10.4. The smallest absolute Gasteiger partial charge is 0.416 e. The van der Waals surface area contributed by atoms with E-state index in [4.69, 9.17) is 4.42 Å². The van der Waals surface area contributed by atoms with E-state index in [9.17, 15) is 18.0 Å². The highest BCUT2D eigenvalue weighted by atomic mass is 32.2. The number of aromatic nitrogens is 3. The number of nitrogens with one attached hydrogen (secondary N) is 1. The van der Waals surface area contributed by atoms with E-state index in [0.29, 0.717) is 22.4 Å². The number of hydrogen-bond donors (Lipinski definition) is 1. The summed E-state index contributed by atoms with van der Waals surface area (Å²) in [5.74, 6) is 0.966. The van der Waals surface area contributed by atoms with E-state index in [-0.39, 0.29) is 19.0 Å². The summed E-state index contributed by atoms with van der Waals surface area (Å²) in [6.45, 7) is 2.19. The summed E-state index contributed by atoms with van der Waals surface area (Å²) < 4.78 is 46.8. The van der Waals surface area contributed by atoms with Crippen molar-refractivity contribution in [1.82, 2.24) is 14.8 Å². The number of furan rings is 1. The fourth-order valence-electron chi connectivity index (χ4n) is 4.19. The van der Waals surface area contributed by atoms with Crippen molar-refractivity contribution in [3.05, 3.63) is 120 Å². The number of alkyl halides is 3. The average molecular weight is 578 g/mol. The van der Waals surface area contributed by atoms with E-state index in [0.717, 1.165) is 23.5 Å². The van der Waals surface area contributed by atoms with Gasteiger partial charge in [0.1, 0.15) is 5.76 Å². The number of benzene rings is 3. The van der Waals surface area contributed by atoms with Gasteiger partial charge in [-0.05, 0) is 61.5 Å². The molecule has 0 fully saturated rings. The summed E-state index contributed by atoms with van der Waals surface area (Å²) in [6.07, 6.45) is -2.90. The molecule has 5 rings (SSSR count). The minimum atomic E-state index is -4.45. The Kier molecular flexibility index (Phi) is 8.44. The van der Waals surface area contributed by atoms with Crippen molar-refractivity contribution in [2.45, 2.75) is 36.6 Å². The highest BCUT2D eigenvalue weighted by Crippen LogP contribution is 2.32. The van der Waals surface area contributed by atoms with Gasteiger partial charge >= 0.3 is 6.18 Å². The first-order valence-corrected chi connectivity index (χ1v) is 13.6. The van der Waals surface area contributed by atoms with Gasteiger partial charge in [0.05, 0.1) is 30.2 Å². The molecule has 7 nitrogen and oxygen atoms in total. The normalized spacial score (nSPS) is 12.2. The number of anilines is 3. The number of thioether (sulfide) groups is 1. The second kappa shape index (κ2) is 12.3. The molecule has 0 aliphatic heterocycles. The molecule has 1 N–H and O–H groups in total. The Bertz CT molecular complexity index is 1540. The first kappa shape index (κ1) is 28.0. The van der Waals surface area contributed by atoms with Crippen LogP contribution in [0.5, 0.6) is 0 Å². The highest BCUT2D eigenvalue weighted by molar-refractivity contribution is 8.00. The Hall–Kier alpha value is -4.51. The molecule has 210 valence electrons. The molecule has 0 bridgehead atoms. The number of halogens is 3. The molecule has 0 spiro atoms. The minimum Gasteiger partial charge on any atom is -0.467 e. The van der Waals surface area contributed by atoms with Crippen molar-refractivity contribution >= 4 is 34.7 Å². The number of hydrogen-bond acceptors (Lipinski definition) is 6. The lowest BCUT2D eigenvalue weighted by Gasteiger charge is -2.25. The molecule has 11 heteroatoms. The first-order chi connectivity index (χ1) is 19.8. The van der Waals surface area contributed by atoms with Gasteiger partial charge in [-0.2, -0.15) is 13.2 Å². The molecule has 41 heavy (non-hydrogen) atoms. The molecule has 0 saturated carbocycles. The van der Waals surface area contributed by atoms with Crippen LogP contribution < -0.4 is 10.2 Å². The molecule has 3 aromatic carbocycles. The van der Waals surface area contributed by atoms with Crippen LogP contribution in [0.25, 0.3) is 0 Å².